The van der Waals surface area contributed by atoms with Gasteiger partial charge in [-0.2, -0.15) is 5.26 Å². The van der Waals surface area contributed by atoms with Gasteiger partial charge in [0.25, 0.3) is 0 Å². The highest BCUT2D eigenvalue weighted by atomic mass is 16.5. The number of aromatic nitrogens is 1. The molecule has 0 atom stereocenters. The molecule has 3 aromatic rings. The maximum atomic E-state index is 12.4. The summed E-state index contributed by atoms with van der Waals surface area (Å²) in [6.45, 7) is 2.91. The number of esters is 1. The van der Waals surface area contributed by atoms with Crippen LogP contribution in [0.15, 0.2) is 66.9 Å². The van der Waals surface area contributed by atoms with Crippen LogP contribution in [0.1, 0.15) is 72.6 Å². The van der Waals surface area contributed by atoms with Crippen LogP contribution in [0.5, 0.6) is 11.5 Å². The minimum absolute atomic E-state index is 0.413. The summed E-state index contributed by atoms with van der Waals surface area (Å²) >= 11 is 0. The second-order valence-electron chi connectivity index (χ2n) is 8.32. The molecular formula is C29H32N2O3. The highest BCUT2D eigenvalue weighted by molar-refractivity contribution is 5.91. The van der Waals surface area contributed by atoms with Crippen LogP contribution in [-0.4, -0.2) is 17.6 Å². The van der Waals surface area contributed by atoms with Gasteiger partial charge in [-0.3, -0.25) is 4.98 Å². The summed E-state index contributed by atoms with van der Waals surface area (Å²) in [6.07, 6.45) is 10.5. The molecule has 1 aromatic heterocycles. The van der Waals surface area contributed by atoms with Crippen LogP contribution in [0.3, 0.4) is 0 Å². The summed E-state index contributed by atoms with van der Waals surface area (Å²) < 4.78 is 11.2. The van der Waals surface area contributed by atoms with E-state index in [9.17, 15) is 4.79 Å². The number of benzene rings is 2. The zero-order valence-corrected chi connectivity index (χ0v) is 19.8. The van der Waals surface area contributed by atoms with Gasteiger partial charge in [0.15, 0.2) is 0 Å². The van der Waals surface area contributed by atoms with Gasteiger partial charge >= 0.3 is 5.97 Å². The largest absolute Gasteiger partial charge is 0.494 e. The Bertz CT molecular complexity index is 1050. The predicted molar refractivity (Wildman–Crippen MR) is 133 cm³/mol. The van der Waals surface area contributed by atoms with Crippen molar-refractivity contribution in [2.45, 2.75) is 58.3 Å². The Kier molecular flexibility index (Phi) is 10.1. The quantitative estimate of drug-likeness (QED) is 0.211. The van der Waals surface area contributed by atoms with Gasteiger partial charge in [-0.25, -0.2) is 4.79 Å². The topological polar surface area (TPSA) is 72.2 Å². The summed E-state index contributed by atoms with van der Waals surface area (Å²) in [5.41, 5.74) is 3.19. The number of ether oxygens (including phenoxy) is 2. The van der Waals surface area contributed by atoms with Crippen LogP contribution in [0.4, 0.5) is 0 Å². The van der Waals surface area contributed by atoms with E-state index in [-0.39, 0.29) is 0 Å². The summed E-state index contributed by atoms with van der Waals surface area (Å²) in [7, 11) is 0. The van der Waals surface area contributed by atoms with Gasteiger partial charge in [0, 0.05) is 5.69 Å². The summed E-state index contributed by atoms with van der Waals surface area (Å²) in [6, 6.07) is 20.4. The number of nitrogens with zero attached hydrogens (tertiary/aromatic N) is 2. The Hall–Kier alpha value is -3.65. The number of hydrogen-bond acceptors (Lipinski definition) is 5. The molecule has 0 aliphatic heterocycles. The van der Waals surface area contributed by atoms with Gasteiger partial charge in [-0.1, -0.05) is 51.2 Å². The first-order valence-corrected chi connectivity index (χ1v) is 12.1. The van der Waals surface area contributed by atoms with Crippen molar-refractivity contribution in [3.63, 3.8) is 0 Å². The summed E-state index contributed by atoms with van der Waals surface area (Å²) in [4.78, 5) is 16.8. The van der Waals surface area contributed by atoms with Crippen molar-refractivity contribution in [2.24, 2.45) is 0 Å². The molecule has 5 heteroatoms. The van der Waals surface area contributed by atoms with Crippen LogP contribution < -0.4 is 9.47 Å². The standard InChI is InChI=1S/C29H32N2O3/c1-2-3-4-5-6-7-20-33-27-17-13-25(14-18-27)29(32)34-28-19-16-26(31-22-28)15-12-23-8-10-24(21-30)11-9-23/h8-11,13-14,16-19,22H,2-7,12,15,20H2,1H3. The Balaban J connectivity index is 1.41. The lowest BCUT2D eigenvalue weighted by atomic mass is 10.1. The third-order valence-electron chi connectivity index (χ3n) is 5.62. The maximum absolute atomic E-state index is 12.4. The molecule has 0 bridgehead atoms. The van der Waals surface area contributed by atoms with Crippen LogP contribution in [0, 0.1) is 11.3 Å². The van der Waals surface area contributed by atoms with Gasteiger partial charge in [0.2, 0.25) is 0 Å². The zero-order valence-electron chi connectivity index (χ0n) is 19.8. The van der Waals surface area contributed by atoms with Gasteiger partial charge in [-0.15, -0.1) is 0 Å². The van der Waals surface area contributed by atoms with Crippen molar-refractivity contribution in [2.75, 3.05) is 6.61 Å². The zero-order chi connectivity index (χ0) is 24.0. The number of rotatable bonds is 13. The van der Waals surface area contributed by atoms with Gasteiger partial charge in [0.1, 0.15) is 11.5 Å². The Morgan fingerprint density at radius 2 is 1.56 bits per heavy atom. The van der Waals surface area contributed by atoms with Gasteiger partial charge < -0.3 is 9.47 Å². The molecule has 0 saturated carbocycles. The first-order chi connectivity index (χ1) is 16.7. The van der Waals surface area contributed by atoms with E-state index in [0.717, 1.165) is 36.3 Å². The number of nitriles is 1. The number of carbonyl (C=O) groups excluding carboxylic acids is 1. The van der Waals surface area contributed by atoms with E-state index < -0.39 is 5.97 Å². The molecule has 0 unspecified atom stereocenters. The molecule has 0 amide bonds. The molecule has 0 spiro atoms. The average molecular weight is 457 g/mol. The number of hydrogen-bond donors (Lipinski definition) is 0. The normalized spacial score (nSPS) is 10.5. The fourth-order valence-electron chi connectivity index (χ4n) is 3.56. The van der Waals surface area contributed by atoms with Crippen LogP contribution in [0.25, 0.3) is 0 Å². The van der Waals surface area contributed by atoms with Crippen LogP contribution >= 0.6 is 0 Å². The van der Waals surface area contributed by atoms with E-state index in [1.165, 1.54) is 32.1 Å². The highest BCUT2D eigenvalue weighted by Crippen LogP contribution is 2.17. The minimum atomic E-state index is -0.422. The fraction of sp³-hybridized carbons (Fsp3) is 0.345. The highest BCUT2D eigenvalue weighted by Gasteiger charge is 2.09. The van der Waals surface area contributed by atoms with E-state index >= 15 is 0 Å². The van der Waals surface area contributed by atoms with E-state index in [1.54, 1.807) is 36.5 Å². The molecule has 0 fully saturated rings. The van der Waals surface area contributed by atoms with E-state index in [0.29, 0.717) is 23.5 Å². The first kappa shape index (κ1) is 25.0. The minimum Gasteiger partial charge on any atom is -0.494 e. The lowest BCUT2D eigenvalue weighted by Gasteiger charge is -2.08. The Labute approximate surface area is 202 Å². The van der Waals surface area contributed by atoms with Crippen molar-refractivity contribution in [1.82, 2.24) is 4.98 Å². The molecular weight excluding hydrogens is 424 g/mol. The Morgan fingerprint density at radius 1 is 0.853 bits per heavy atom. The molecule has 2 aromatic carbocycles. The predicted octanol–water partition coefficient (Wildman–Crippen LogP) is 6.70. The van der Waals surface area contributed by atoms with Crippen molar-refractivity contribution in [1.29, 1.82) is 5.26 Å². The smallest absolute Gasteiger partial charge is 0.343 e. The second-order valence-corrected chi connectivity index (χ2v) is 8.32. The number of pyridine rings is 1. The molecule has 3 rings (SSSR count). The molecule has 0 aliphatic carbocycles. The molecule has 5 nitrogen and oxygen atoms in total. The van der Waals surface area contributed by atoms with E-state index in [1.807, 2.05) is 30.3 Å². The number of unbranched alkanes of at least 4 members (excludes halogenated alkanes) is 5. The van der Waals surface area contributed by atoms with E-state index in [4.69, 9.17) is 14.7 Å². The summed E-state index contributed by atoms with van der Waals surface area (Å²) in [5.74, 6) is 0.753. The van der Waals surface area contributed by atoms with Crippen molar-refractivity contribution in [3.05, 3.63) is 89.2 Å². The third-order valence-corrected chi connectivity index (χ3v) is 5.62. The maximum Gasteiger partial charge on any atom is 0.343 e. The van der Waals surface area contributed by atoms with Gasteiger partial charge in [-0.05, 0) is 73.4 Å². The van der Waals surface area contributed by atoms with E-state index in [2.05, 4.69) is 18.0 Å². The molecule has 34 heavy (non-hydrogen) atoms. The lowest BCUT2D eigenvalue weighted by molar-refractivity contribution is 0.0734. The van der Waals surface area contributed by atoms with Crippen LogP contribution in [0.2, 0.25) is 0 Å². The Morgan fingerprint density at radius 3 is 2.24 bits per heavy atom. The summed E-state index contributed by atoms with van der Waals surface area (Å²) in [5, 5.41) is 8.88. The molecule has 1 heterocycles. The first-order valence-electron chi connectivity index (χ1n) is 12.1. The fourth-order valence-corrected chi connectivity index (χ4v) is 3.56. The third kappa shape index (κ3) is 8.37. The second kappa shape index (κ2) is 13.8. The molecule has 0 saturated heterocycles. The number of aryl methyl sites for hydroxylation is 2. The van der Waals surface area contributed by atoms with Crippen molar-refractivity contribution >= 4 is 5.97 Å². The monoisotopic (exact) mass is 456 g/mol. The SMILES string of the molecule is CCCCCCCCOc1ccc(C(=O)Oc2ccc(CCc3ccc(C#N)cc3)nc2)cc1. The van der Waals surface area contributed by atoms with Crippen molar-refractivity contribution in [3.8, 4) is 17.6 Å². The van der Waals surface area contributed by atoms with Gasteiger partial charge in [0.05, 0.1) is 30.0 Å². The van der Waals surface area contributed by atoms with Crippen molar-refractivity contribution < 1.29 is 14.3 Å². The molecule has 0 radical (unpaired) electrons. The molecule has 0 N–H and O–H groups in total. The molecule has 176 valence electrons. The van der Waals surface area contributed by atoms with Crippen LogP contribution in [-0.2, 0) is 12.8 Å². The molecule has 0 aliphatic rings. The lowest BCUT2D eigenvalue weighted by Crippen LogP contribution is -2.09. The average Bonchev–Trinajstić information content (AvgIpc) is 2.88. The number of carbonyl (C=O) groups is 1.